The van der Waals surface area contributed by atoms with E-state index in [-0.39, 0.29) is 28.4 Å². The maximum absolute atomic E-state index is 13.0. The molecule has 2 aromatic carbocycles. The van der Waals surface area contributed by atoms with Crippen molar-refractivity contribution in [3.8, 4) is 0 Å². The Labute approximate surface area is 214 Å². The molecule has 12 heteroatoms. The van der Waals surface area contributed by atoms with Crippen molar-refractivity contribution < 1.29 is 19.5 Å². The number of aromatic amines is 1. The van der Waals surface area contributed by atoms with Crippen LogP contribution in [0.5, 0.6) is 0 Å². The monoisotopic (exact) mass is 520 g/mol. The first-order valence-corrected chi connectivity index (χ1v) is 11.4. The molecule has 2 aromatic heterocycles. The summed E-state index contributed by atoms with van der Waals surface area (Å²) in [5.41, 5.74) is 0.434. The molecule has 0 aliphatic heterocycles. The van der Waals surface area contributed by atoms with E-state index in [1.54, 1.807) is 37.3 Å². The van der Waals surface area contributed by atoms with Gasteiger partial charge in [-0.15, -0.1) is 0 Å². The van der Waals surface area contributed by atoms with E-state index in [0.717, 1.165) is 0 Å². The van der Waals surface area contributed by atoms with Gasteiger partial charge in [0.05, 0.1) is 16.8 Å². The van der Waals surface area contributed by atoms with Crippen LogP contribution >= 0.6 is 11.6 Å². The van der Waals surface area contributed by atoms with E-state index in [4.69, 9.17) is 16.7 Å². The van der Waals surface area contributed by atoms with Crippen LogP contribution in [0.3, 0.4) is 0 Å². The molecule has 4 rings (SSSR count). The third-order valence-electron chi connectivity index (χ3n) is 5.40. The van der Waals surface area contributed by atoms with E-state index >= 15 is 0 Å². The van der Waals surface area contributed by atoms with Gasteiger partial charge in [0.2, 0.25) is 0 Å². The number of nitrogens with zero attached hydrogens (tertiary/aromatic N) is 2. The highest BCUT2D eigenvalue weighted by Crippen LogP contribution is 2.24. The molecule has 37 heavy (non-hydrogen) atoms. The number of amides is 3. The van der Waals surface area contributed by atoms with Crippen LogP contribution in [0.25, 0.3) is 11.0 Å². The number of hydrogen-bond donors (Lipinski definition) is 5. The Kier molecular flexibility index (Phi) is 7.44. The quantitative estimate of drug-likeness (QED) is 0.249. The van der Waals surface area contributed by atoms with Gasteiger partial charge >= 0.3 is 6.09 Å². The molecule has 0 saturated heterocycles. The van der Waals surface area contributed by atoms with Crippen molar-refractivity contribution >= 4 is 46.2 Å². The number of halogens is 1. The number of hydrogen-bond acceptors (Lipinski definition) is 6. The standard InChI is InChI=1S/C25H21ClN6O5/c1-13-27-11-16-9-17(24(35)32-21(16)29-13)23(34)30-19-10-15(7-8-18(19)26)22(33)31-20(12-28-25(36)37)14-5-3-2-4-6-14/h2-11,20,28H,12H2,1H3,(H,30,34)(H,31,33)(H,36,37)(H,27,29,32,35). The predicted molar refractivity (Wildman–Crippen MR) is 137 cm³/mol. The van der Waals surface area contributed by atoms with E-state index in [2.05, 4.69) is 30.9 Å². The minimum Gasteiger partial charge on any atom is -0.465 e. The minimum atomic E-state index is -1.22. The van der Waals surface area contributed by atoms with Gasteiger partial charge in [-0.1, -0.05) is 41.9 Å². The summed E-state index contributed by atoms with van der Waals surface area (Å²) in [7, 11) is 0. The van der Waals surface area contributed by atoms with Crippen molar-refractivity contribution in [3.05, 3.63) is 98.7 Å². The fourth-order valence-electron chi connectivity index (χ4n) is 3.57. The minimum absolute atomic E-state index is 0.0593. The number of nitrogens with one attached hydrogen (secondary N) is 4. The fraction of sp³-hybridized carbons (Fsp3) is 0.120. The van der Waals surface area contributed by atoms with Crippen molar-refractivity contribution in [2.45, 2.75) is 13.0 Å². The van der Waals surface area contributed by atoms with Crippen molar-refractivity contribution in [2.24, 2.45) is 0 Å². The van der Waals surface area contributed by atoms with Gasteiger partial charge < -0.3 is 26.0 Å². The molecule has 0 spiro atoms. The van der Waals surface area contributed by atoms with Gasteiger partial charge in [0, 0.05) is 23.7 Å². The normalized spacial score (nSPS) is 11.5. The highest BCUT2D eigenvalue weighted by atomic mass is 35.5. The van der Waals surface area contributed by atoms with E-state index in [9.17, 15) is 19.2 Å². The number of benzene rings is 2. The van der Waals surface area contributed by atoms with Gasteiger partial charge in [-0.05, 0) is 36.8 Å². The summed E-state index contributed by atoms with van der Waals surface area (Å²) >= 11 is 6.24. The summed E-state index contributed by atoms with van der Waals surface area (Å²) in [6.07, 6.45) is 0.266. The van der Waals surface area contributed by atoms with Gasteiger partial charge in [0.1, 0.15) is 17.0 Å². The second-order valence-electron chi connectivity index (χ2n) is 8.00. The third kappa shape index (κ3) is 6.08. The largest absolute Gasteiger partial charge is 0.465 e. The highest BCUT2D eigenvalue weighted by Gasteiger charge is 2.19. The van der Waals surface area contributed by atoms with Crippen LogP contribution < -0.4 is 21.5 Å². The molecule has 0 bridgehead atoms. The van der Waals surface area contributed by atoms with Crippen LogP contribution in [0.15, 0.2) is 65.6 Å². The second kappa shape index (κ2) is 10.9. The first-order chi connectivity index (χ1) is 17.7. The molecule has 1 unspecified atom stereocenters. The molecule has 4 aromatic rings. The average molecular weight is 521 g/mol. The summed E-state index contributed by atoms with van der Waals surface area (Å²) in [4.78, 5) is 60.1. The van der Waals surface area contributed by atoms with Gasteiger partial charge in [0.25, 0.3) is 17.4 Å². The maximum Gasteiger partial charge on any atom is 0.404 e. The summed E-state index contributed by atoms with van der Waals surface area (Å²) in [5, 5.41) is 17.2. The zero-order chi connectivity index (χ0) is 26.5. The van der Waals surface area contributed by atoms with Crippen LogP contribution in [-0.4, -0.2) is 44.5 Å². The molecule has 0 saturated carbocycles. The Morgan fingerprint density at radius 1 is 1.08 bits per heavy atom. The lowest BCUT2D eigenvalue weighted by Crippen LogP contribution is -2.37. The first kappa shape index (κ1) is 25.3. The molecular formula is C25H21ClN6O5. The van der Waals surface area contributed by atoms with E-state index in [1.165, 1.54) is 30.5 Å². The van der Waals surface area contributed by atoms with E-state index in [0.29, 0.717) is 22.4 Å². The number of carbonyl (C=O) groups excluding carboxylic acids is 2. The van der Waals surface area contributed by atoms with Crippen molar-refractivity contribution in [3.63, 3.8) is 0 Å². The molecule has 0 aliphatic rings. The molecule has 0 aliphatic carbocycles. The molecule has 11 nitrogen and oxygen atoms in total. The summed E-state index contributed by atoms with van der Waals surface area (Å²) in [5.74, 6) is -0.796. The molecular weight excluding hydrogens is 500 g/mol. The molecule has 0 fully saturated rings. The molecule has 5 N–H and O–H groups in total. The van der Waals surface area contributed by atoms with Crippen LogP contribution in [0.2, 0.25) is 5.02 Å². The predicted octanol–water partition coefficient (Wildman–Crippen LogP) is 3.27. The Morgan fingerprint density at radius 2 is 1.84 bits per heavy atom. The number of rotatable bonds is 7. The number of anilines is 1. The lowest BCUT2D eigenvalue weighted by atomic mass is 10.1. The van der Waals surface area contributed by atoms with Crippen LogP contribution in [0.1, 0.15) is 38.1 Å². The smallest absolute Gasteiger partial charge is 0.404 e. The molecule has 0 radical (unpaired) electrons. The number of aromatic nitrogens is 3. The number of carbonyl (C=O) groups is 3. The average Bonchev–Trinajstić information content (AvgIpc) is 2.87. The fourth-order valence-corrected chi connectivity index (χ4v) is 3.73. The van der Waals surface area contributed by atoms with Crippen LogP contribution in [0.4, 0.5) is 10.5 Å². The number of aryl methyl sites for hydroxylation is 1. The zero-order valence-electron chi connectivity index (χ0n) is 19.4. The lowest BCUT2D eigenvalue weighted by molar-refractivity contribution is 0.0934. The van der Waals surface area contributed by atoms with Crippen molar-refractivity contribution in [1.29, 1.82) is 0 Å². The van der Waals surface area contributed by atoms with Gasteiger partial charge in [-0.3, -0.25) is 14.4 Å². The molecule has 188 valence electrons. The Hall–Kier alpha value is -4.77. The number of H-pyrrole nitrogens is 1. The third-order valence-corrected chi connectivity index (χ3v) is 5.73. The Bertz CT molecular complexity index is 1560. The summed E-state index contributed by atoms with van der Waals surface area (Å²) < 4.78 is 0. The van der Waals surface area contributed by atoms with Crippen molar-refractivity contribution in [2.75, 3.05) is 11.9 Å². The van der Waals surface area contributed by atoms with E-state index in [1.807, 2.05) is 0 Å². The van der Waals surface area contributed by atoms with Gasteiger partial charge in [-0.25, -0.2) is 14.8 Å². The van der Waals surface area contributed by atoms with E-state index < -0.39 is 29.5 Å². The summed E-state index contributed by atoms with van der Waals surface area (Å²) in [6.45, 7) is 1.62. The zero-order valence-corrected chi connectivity index (χ0v) is 20.2. The maximum atomic E-state index is 13.0. The second-order valence-corrected chi connectivity index (χ2v) is 8.41. The van der Waals surface area contributed by atoms with Crippen LogP contribution in [0, 0.1) is 6.92 Å². The van der Waals surface area contributed by atoms with Crippen molar-refractivity contribution in [1.82, 2.24) is 25.6 Å². The van der Waals surface area contributed by atoms with Gasteiger partial charge in [0.15, 0.2) is 0 Å². The topological polar surface area (TPSA) is 166 Å². The SMILES string of the molecule is Cc1ncc2cc(C(=O)Nc3cc(C(=O)NC(CNC(=O)O)c4ccccc4)ccc3Cl)c(=O)[nH]c2n1. The Morgan fingerprint density at radius 3 is 2.57 bits per heavy atom. The molecule has 3 amide bonds. The lowest BCUT2D eigenvalue weighted by Gasteiger charge is -2.19. The highest BCUT2D eigenvalue weighted by molar-refractivity contribution is 6.34. The number of pyridine rings is 1. The van der Waals surface area contributed by atoms with Gasteiger partial charge in [-0.2, -0.15) is 0 Å². The number of carboxylic acid groups (broad SMARTS) is 1. The summed E-state index contributed by atoms with van der Waals surface area (Å²) in [6, 6.07) is 13.8. The molecule has 1 atom stereocenters. The molecule has 2 heterocycles. The number of fused-ring (bicyclic) bond motifs is 1. The Balaban J connectivity index is 1.56. The van der Waals surface area contributed by atoms with Crippen LogP contribution in [-0.2, 0) is 0 Å². The first-order valence-electron chi connectivity index (χ1n) is 11.0.